The van der Waals surface area contributed by atoms with Crippen molar-refractivity contribution in [3.05, 3.63) is 46.0 Å². The first kappa shape index (κ1) is 12.1. The molecular formula is C12H14N4O2. The standard InChI is InChI=1S/C12H14N4O2/c1-8-5-10(18-2)6-9(14-8)7-16-12(17)4-3-11(13)15-16/h3-6H,7H2,1-2H3,(H2,13,15). The molecule has 0 saturated carbocycles. The quantitative estimate of drug-likeness (QED) is 0.856. The summed E-state index contributed by atoms with van der Waals surface area (Å²) in [4.78, 5) is 15.9. The number of anilines is 1. The number of rotatable bonds is 3. The van der Waals surface area contributed by atoms with Crippen LogP contribution >= 0.6 is 0 Å². The van der Waals surface area contributed by atoms with E-state index in [0.717, 1.165) is 5.69 Å². The molecule has 0 bridgehead atoms. The van der Waals surface area contributed by atoms with Crippen molar-refractivity contribution < 1.29 is 4.74 Å². The first-order valence-corrected chi connectivity index (χ1v) is 5.43. The van der Waals surface area contributed by atoms with Crippen molar-refractivity contribution in [2.75, 3.05) is 12.8 Å². The summed E-state index contributed by atoms with van der Waals surface area (Å²) in [6.45, 7) is 2.13. The highest BCUT2D eigenvalue weighted by molar-refractivity contribution is 5.27. The number of pyridine rings is 1. The summed E-state index contributed by atoms with van der Waals surface area (Å²) in [6, 6.07) is 6.45. The molecule has 0 atom stereocenters. The monoisotopic (exact) mass is 246 g/mol. The van der Waals surface area contributed by atoms with E-state index in [-0.39, 0.29) is 12.1 Å². The van der Waals surface area contributed by atoms with Crippen LogP contribution < -0.4 is 16.0 Å². The lowest BCUT2D eigenvalue weighted by Gasteiger charge is -2.07. The Kier molecular flexibility index (Phi) is 3.27. The molecule has 2 rings (SSSR count). The number of methoxy groups -OCH3 is 1. The van der Waals surface area contributed by atoms with Crippen LogP contribution in [0.4, 0.5) is 5.82 Å². The Bertz CT molecular complexity index is 622. The Labute approximate surface area is 104 Å². The number of hydrogen-bond donors (Lipinski definition) is 1. The molecule has 2 N–H and O–H groups in total. The SMILES string of the molecule is COc1cc(C)nc(Cn2nc(N)ccc2=O)c1. The van der Waals surface area contributed by atoms with Crippen LogP contribution in [0.3, 0.4) is 0 Å². The molecule has 0 fully saturated rings. The predicted molar refractivity (Wildman–Crippen MR) is 67.5 cm³/mol. The van der Waals surface area contributed by atoms with Crippen molar-refractivity contribution in [2.45, 2.75) is 13.5 Å². The maximum absolute atomic E-state index is 11.6. The second-order valence-corrected chi connectivity index (χ2v) is 3.89. The van der Waals surface area contributed by atoms with Gasteiger partial charge in [-0.2, -0.15) is 5.10 Å². The molecule has 2 aromatic rings. The molecule has 0 amide bonds. The molecule has 0 aliphatic carbocycles. The van der Waals surface area contributed by atoms with Gasteiger partial charge in [0.2, 0.25) is 0 Å². The molecule has 0 aliphatic heterocycles. The average Bonchev–Trinajstić information content (AvgIpc) is 2.33. The van der Waals surface area contributed by atoms with E-state index in [0.29, 0.717) is 17.3 Å². The molecule has 0 aromatic carbocycles. The summed E-state index contributed by atoms with van der Waals surface area (Å²) in [5, 5.41) is 3.95. The van der Waals surface area contributed by atoms with Crippen LogP contribution in [-0.2, 0) is 6.54 Å². The lowest BCUT2D eigenvalue weighted by Crippen LogP contribution is -2.23. The molecule has 0 spiro atoms. The van der Waals surface area contributed by atoms with Gasteiger partial charge in [-0.1, -0.05) is 0 Å². The number of ether oxygens (including phenoxy) is 1. The van der Waals surface area contributed by atoms with E-state index in [4.69, 9.17) is 10.5 Å². The van der Waals surface area contributed by atoms with Crippen LogP contribution in [-0.4, -0.2) is 21.9 Å². The van der Waals surface area contributed by atoms with Crippen molar-refractivity contribution in [3.63, 3.8) is 0 Å². The molecule has 0 aliphatic rings. The van der Waals surface area contributed by atoms with Gasteiger partial charge < -0.3 is 10.5 Å². The van der Waals surface area contributed by atoms with Crippen LogP contribution in [0, 0.1) is 6.92 Å². The predicted octanol–water partition coefficient (Wildman–Crippen LogP) is 0.586. The molecular weight excluding hydrogens is 232 g/mol. The van der Waals surface area contributed by atoms with E-state index in [2.05, 4.69) is 10.1 Å². The van der Waals surface area contributed by atoms with E-state index in [1.807, 2.05) is 13.0 Å². The van der Waals surface area contributed by atoms with Crippen LogP contribution in [0.25, 0.3) is 0 Å². The Morgan fingerprint density at radius 3 is 2.89 bits per heavy atom. The summed E-state index contributed by atoms with van der Waals surface area (Å²) in [7, 11) is 1.59. The zero-order valence-electron chi connectivity index (χ0n) is 10.3. The van der Waals surface area contributed by atoms with Crippen LogP contribution in [0.5, 0.6) is 5.75 Å². The Hall–Kier alpha value is -2.37. The van der Waals surface area contributed by atoms with Gasteiger partial charge in [0.1, 0.15) is 11.6 Å². The number of aryl methyl sites for hydroxylation is 1. The third-order valence-electron chi connectivity index (χ3n) is 2.41. The van der Waals surface area contributed by atoms with Crippen molar-refractivity contribution in [1.82, 2.24) is 14.8 Å². The van der Waals surface area contributed by atoms with E-state index in [1.54, 1.807) is 13.2 Å². The second-order valence-electron chi connectivity index (χ2n) is 3.89. The molecule has 6 nitrogen and oxygen atoms in total. The van der Waals surface area contributed by atoms with E-state index >= 15 is 0 Å². The van der Waals surface area contributed by atoms with Gasteiger partial charge >= 0.3 is 0 Å². The number of aromatic nitrogens is 3. The normalized spacial score (nSPS) is 10.3. The highest BCUT2D eigenvalue weighted by Crippen LogP contribution is 2.13. The van der Waals surface area contributed by atoms with Crippen molar-refractivity contribution in [3.8, 4) is 5.75 Å². The lowest BCUT2D eigenvalue weighted by atomic mass is 10.3. The van der Waals surface area contributed by atoms with Crippen molar-refractivity contribution in [2.24, 2.45) is 0 Å². The van der Waals surface area contributed by atoms with Gasteiger partial charge in [-0.05, 0) is 13.0 Å². The molecule has 0 saturated heterocycles. The van der Waals surface area contributed by atoms with E-state index in [9.17, 15) is 4.79 Å². The van der Waals surface area contributed by atoms with Gasteiger partial charge in [0, 0.05) is 23.9 Å². The minimum atomic E-state index is -0.216. The lowest BCUT2D eigenvalue weighted by molar-refractivity contribution is 0.412. The number of hydrogen-bond acceptors (Lipinski definition) is 5. The Morgan fingerprint density at radius 2 is 2.17 bits per heavy atom. The average molecular weight is 246 g/mol. The van der Waals surface area contributed by atoms with Crippen LogP contribution in [0.1, 0.15) is 11.4 Å². The highest BCUT2D eigenvalue weighted by atomic mass is 16.5. The third-order valence-corrected chi connectivity index (χ3v) is 2.41. The molecule has 94 valence electrons. The number of nitrogens with zero attached hydrogens (tertiary/aromatic N) is 3. The van der Waals surface area contributed by atoms with Crippen molar-refractivity contribution in [1.29, 1.82) is 0 Å². The molecule has 0 unspecified atom stereocenters. The fourth-order valence-corrected chi connectivity index (χ4v) is 1.63. The minimum Gasteiger partial charge on any atom is -0.497 e. The first-order chi connectivity index (χ1) is 8.58. The van der Waals surface area contributed by atoms with E-state index < -0.39 is 0 Å². The van der Waals surface area contributed by atoms with Crippen LogP contribution in [0.2, 0.25) is 0 Å². The molecule has 18 heavy (non-hydrogen) atoms. The Morgan fingerprint density at radius 1 is 1.39 bits per heavy atom. The molecule has 0 radical (unpaired) electrons. The Balaban J connectivity index is 2.36. The summed E-state index contributed by atoms with van der Waals surface area (Å²) in [5.74, 6) is 1.00. The summed E-state index contributed by atoms with van der Waals surface area (Å²) in [6.07, 6.45) is 0. The third kappa shape index (κ3) is 2.65. The highest BCUT2D eigenvalue weighted by Gasteiger charge is 2.04. The fourth-order valence-electron chi connectivity index (χ4n) is 1.63. The first-order valence-electron chi connectivity index (χ1n) is 5.43. The summed E-state index contributed by atoms with van der Waals surface area (Å²) in [5.41, 5.74) is 6.86. The number of nitrogens with two attached hydrogens (primary N) is 1. The smallest absolute Gasteiger partial charge is 0.267 e. The fraction of sp³-hybridized carbons (Fsp3) is 0.250. The van der Waals surface area contributed by atoms with Gasteiger partial charge in [0.25, 0.3) is 5.56 Å². The minimum absolute atomic E-state index is 0.216. The summed E-state index contributed by atoms with van der Waals surface area (Å²) < 4.78 is 6.43. The summed E-state index contributed by atoms with van der Waals surface area (Å²) >= 11 is 0. The topological polar surface area (TPSA) is 83.0 Å². The number of nitrogen functional groups attached to an aromatic ring is 1. The second kappa shape index (κ2) is 4.87. The van der Waals surface area contributed by atoms with Crippen molar-refractivity contribution >= 4 is 5.82 Å². The molecule has 2 aromatic heterocycles. The molecule has 6 heteroatoms. The van der Waals surface area contributed by atoms with Gasteiger partial charge in [-0.3, -0.25) is 9.78 Å². The maximum Gasteiger partial charge on any atom is 0.267 e. The van der Waals surface area contributed by atoms with Gasteiger partial charge in [-0.25, -0.2) is 4.68 Å². The van der Waals surface area contributed by atoms with Gasteiger partial charge in [0.05, 0.1) is 19.3 Å². The maximum atomic E-state index is 11.6. The zero-order valence-corrected chi connectivity index (χ0v) is 10.3. The van der Waals surface area contributed by atoms with Gasteiger partial charge in [-0.15, -0.1) is 0 Å². The van der Waals surface area contributed by atoms with Gasteiger partial charge in [0.15, 0.2) is 0 Å². The largest absolute Gasteiger partial charge is 0.497 e. The van der Waals surface area contributed by atoms with Crippen LogP contribution in [0.15, 0.2) is 29.1 Å². The zero-order chi connectivity index (χ0) is 13.1. The van der Waals surface area contributed by atoms with E-state index in [1.165, 1.54) is 16.8 Å². The molecule has 2 heterocycles.